The predicted octanol–water partition coefficient (Wildman–Crippen LogP) is 1.87. The molecule has 1 aromatic rings. The Morgan fingerprint density at radius 3 is 2.83 bits per heavy atom. The van der Waals surface area contributed by atoms with Gasteiger partial charge in [0.15, 0.2) is 0 Å². The van der Waals surface area contributed by atoms with Crippen LogP contribution in [0.3, 0.4) is 0 Å². The van der Waals surface area contributed by atoms with Crippen LogP contribution in [0.2, 0.25) is 0 Å². The second kappa shape index (κ2) is 2.24. The lowest BCUT2D eigenvalue weighted by molar-refractivity contribution is 0.0695. The van der Waals surface area contributed by atoms with Gasteiger partial charge in [-0.2, -0.15) is 0 Å². The molecule has 0 spiro atoms. The minimum absolute atomic E-state index is 0.173. The molecule has 62 valence electrons. The SMILES string of the molecule is CC1Nc2cccc(C(=O)O)c21. The Kier molecular flexibility index (Phi) is 1.33. The van der Waals surface area contributed by atoms with Crippen molar-refractivity contribution in [2.24, 2.45) is 0 Å². The van der Waals surface area contributed by atoms with E-state index in [1.165, 1.54) is 0 Å². The van der Waals surface area contributed by atoms with Crippen LogP contribution in [0.5, 0.6) is 0 Å². The summed E-state index contributed by atoms with van der Waals surface area (Å²) in [5, 5.41) is 11.9. The van der Waals surface area contributed by atoms with E-state index in [0.717, 1.165) is 11.3 Å². The number of carboxylic acid groups (broad SMARTS) is 1. The van der Waals surface area contributed by atoms with Crippen LogP contribution < -0.4 is 5.32 Å². The Morgan fingerprint density at radius 1 is 1.58 bits per heavy atom. The Balaban J connectivity index is 2.56. The summed E-state index contributed by atoms with van der Waals surface area (Å²) in [4.78, 5) is 10.7. The number of hydrogen-bond donors (Lipinski definition) is 2. The zero-order valence-corrected chi connectivity index (χ0v) is 6.66. The smallest absolute Gasteiger partial charge is 0.336 e. The van der Waals surface area contributed by atoms with E-state index in [1.807, 2.05) is 13.0 Å². The molecule has 1 atom stereocenters. The Hall–Kier alpha value is -1.51. The summed E-state index contributed by atoms with van der Waals surface area (Å²) >= 11 is 0. The third-order valence-corrected chi connectivity index (χ3v) is 2.14. The number of rotatable bonds is 1. The van der Waals surface area contributed by atoms with E-state index < -0.39 is 5.97 Å². The van der Waals surface area contributed by atoms with E-state index in [9.17, 15) is 4.79 Å². The molecule has 1 aliphatic rings. The summed E-state index contributed by atoms with van der Waals surface area (Å²) in [5.41, 5.74) is 2.28. The molecule has 2 rings (SSSR count). The highest BCUT2D eigenvalue weighted by Crippen LogP contribution is 2.37. The van der Waals surface area contributed by atoms with E-state index in [4.69, 9.17) is 5.11 Å². The van der Waals surface area contributed by atoms with Crippen LogP contribution in [-0.2, 0) is 0 Å². The van der Waals surface area contributed by atoms with Gasteiger partial charge in [0.05, 0.1) is 11.6 Å². The van der Waals surface area contributed by atoms with Crippen LogP contribution in [0.25, 0.3) is 0 Å². The molecule has 0 bridgehead atoms. The standard InChI is InChI=1S/C9H9NO2/c1-5-8-6(9(11)12)3-2-4-7(8)10-5/h2-5,10H,1H3,(H,11,12). The fourth-order valence-electron chi connectivity index (χ4n) is 1.57. The van der Waals surface area contributed by atoms with Gasteiger partial charge < -0.3 is 10.4 Å². The first-order valence-electron chi connectivity index (χ1n) is 3.83. The predicted molar refractivity (Wildman–Crippen MR) is 45.4 cm³/mol. The highest BCUT2D eigenvalue weighted by Gasteiger charge is 2.26. The fraction of sp³-hybridized carbons (Fsp3) is 0.222. The number of anilines is 1. The molecular formula is C9H9NO2. The third kappa shape index (κ3) is 0.794. The van der Waals surface area contributed by atoms with Crippen molar-refractivity contribution in [2.45, 2.75) is 13.0 Å². The van der Waals surface area contributed by atoms with Crippen LogP contribution >= 0.6 is 0 Å². The van der Waals surface area contributed by atoms with Gasteiger partial charge in [0.25, 0.3) is 0 Å². The van der Waals surface area contributed by atoms with Crippen LogP contribution in [-0.4, -0.2) is 11.1 Å². The molecule has 2 N–H and O–H groups in total. The van der Waals surface area contributed by atoms with Crippen molar-refractivity contribution in [1.82, 2.24) is 0 Å². The van der Waals surface area contributed by atoms with Crippen molar-refractivity contribution >= 4 is 11.7 Å². The quantitative estimate of drug-likeness (QED) is 0.664. The molecule has 0 saturated heterocycles. The summed E-state index contributed by atoms with van der Waals surface area (Å²) in [6, 6.07) is 5.45. The monoisotopic (exact) mass is 163 g/mol. The number of carboxylic acids is 1. The highest BCUT2D eigenvalue weighted by atomic mass is 16.4. The lowest BCUT2D eigenvalue weighted by Gasteiger charge is -2.30. The number of fused-ring (bicyclic) bond motifs is 1. The summed E-state index contributed by atoms with van der Waals surface area (Å²) in [6.07, 6.45) is 0. The van der Waals surface area contributed by atoms with E-state index in [2.05, 4.69) is 5.32 Å². The molecule has 12 heavy (non-hydrogen) atoms. The van der Waals surface area contributed by atoms with Crippen LogP contribution in [0.15, 0.2) is 18.2 Å². The summed E-state index contributed by atoms with van der Waals surface area (Å²) in [5.74, 6) is -0.847. The number of aromatic carboxylic acids is 1. The van der Waals surface area contributed by atoms with Gasteiger partial charge in [0.1, 0.15) is 0 Å². The molecule has 0 radical (unpaired) electrons. The van der Waals surface area contributed by atoms with Crippen LogP contribution in [0.4, 0.5) is 5.69 Å². The minimum atomic E-state index is -0.847. The largest absolute Gasteiger partial charge is 0.478 e. The molecule has 0 saturated carbocycles. The first-order valence-corrected chi connectivity index (χ1v) is 3.83. The van der Waals surface area contributed by atoms with E-state index in [-0.39, 0.29) is 6.04 Å². The lowest BCUT2D eigenvalue weighted by atomic mass is 9.92. The van der Waals surface area contributed by atoms with Crippen molar-refractivity contribution < 1.29 is 9.90 Å². The maximum Gasteiger partial charge on any atom is 0.336 e. The summed E-state index contributed by atoms with van der Waals surface area (Å²) < 4.78 is 0. The molecule has 0 amide bonds. The van der Waals surface area contributed by atoms with Gasteiger partial charge >= 0.3 is 5.97 Å². The van der Waals surface area contributed by atoms with Gasteiger partial charge in [-0.15, -0.1) is 0 Å². The van der Waals surface area contributed by atoms with Gasteiger partial charge in [-0.05, 0) is 19.1 Å². The van der Waals surface area contributed by atoms with E-state index in [0.29, 0.717) is 5.56 Å². The van der Waals surface area contributed by atoms with Crippen molar-refractivity contribution in [3.05, 3.63) is 29.3 Å². The molecule has 0 aromatic heterocycles. The molecule has 3 nitrogen and oxygen atoms in total. The third-order valence-electron chi connectivity index (χ3n) is 2.14. The molecule has 3 heteroatoms. The number of nitrogens with one attached hydrogen (secondary N) is 1. The average molecular weight is 163 g/mol. The lowest BCUT2D eigenvalue weighted by Crippen LogP contribution is -2.23. The zero-order chi connectivity index (χ0) is 8.72. The van der Waals surface area contributed by atoms with E-state index in [1.54, 1.807) is 12.1 Å². The van der Waals surface area contributed by atoms with E-state index >= 15 is 0 Å². The summed E-state index contributed by atoms with van der Waals surface area (Å²) in [6.45, 7) is 1.95. The van der Waals surface area contributed by atoms with Crippen LogP contribution in [0, 0.1) is 0 Å². The maximum absolute atomic E-state index is 10.7. The second-order valence-corrected chi connectivity index (χ2v) is 2.94. The number of hydrogen-bond acceptors (Lipinski definition) is 2. The molecule has 0 aliphatic carbocycles. The van der Waals surface area contributed by atoms with Crippen molar-refractivity contribution in [3.63, 3.8) is 0 Å². The molecule has 0 fully saturated rings. The van der Waals surface area contributed by atoms with Gasteiger partial charge in [-0.1, -0.05) is 6.07 Å². The fourth-order valence-corrected chi connectivity index (χ4v) is 1.57. The topological polar surface area (TPSA) is 49.3 Å². The van der Waals surface area contributed by atoms with Gasteiger partial charge in [-0.25, -0.2) is 4.79 Å². The molecule has 1 heterocycles. The Labute approximate surface area is 70.0 Å². The van der Waals surface area contributed by atoms with Crippen molar-refractivity contribution in [3.8, 4) is 0 Å². The molecular weight excluding hydrogens is 154 g/mol. The second-order valence-electron chi connectivity index (χ2n) is 2.94. The van der Waals surface area contributed by atoms with Crippen molar-refractivity contribution in [2.75, 3.05) is 5.32 Å². The first kappa shape index (κ1) is 7.16. The van der Waals surface area contributed by atoms with Gasteiger partial charge in [0, 0.05) is 11.3 Å². The first-order chi connectivity index (χ1) is 5.70. The highest BCUT2D eigenvalue weighted by molar-refractivity contribution is 5.93. The average Bonchev–Trinajstić information content (AvgIpc) is 2.01. The molecule has 1 aromatic carbocycles. The normalized spacial score (nSPS) is 18.9. The van der Waals surface area contributed by atoms with Gasteiger partial charge in [-0.3, -0.25) is 0 Å². The number of carbonyl (C=O) groups is 1. The van der Waals surface area contributed by atoms with Gasteiger partial charge in [0.2, 0.25) is 0 Å². The molecule has 1 aliphatic heterocycles. The van der Waals surface area contributed by atoms with Crippen LogP contribution in [0.1, 0.15) is 28.9 Å². The Bertz CT molecular complexity index is 346. The Morgan fingerprint density at radius 2 is 2.33 bits per heavy atom. The minimum Gasteiger partial charge on any atom is -0.478 e. The molecule has 1 unspecified atom stereocenters. The number of benzene rings is 1. The zero-order valence-electron chi connectivity index (χ0n) is 6.66. The maximum atomic E-state index is 10.7. The summed E-state index contributed by atoms with van der Waals surface area (Å²) in [7, 11) is 0. The van der Waals surface area contributed by atoms with Crippen molar-refractivity contribution in [1.29, 1.82) is 0 Å².